The minimum Gasteiger partial charge on any atom is -0.264 e. The predicted molar refractivity (Wildman–Crippen MR) is 60.0 cm³/mol. The molecule has 70 valence electrons. The molecule has 0 aliphatic heterocycles. The topological polar surface area (TPSA) is 12.9 Å². The van der Waals surface area contributed by atoms with Crippen LogP contribution >= 0.6 is 15.9 Å². The molecule has 0 saturated carbocycles. The fourth-order valence-corrected chi connectivity index (χ4v) is 1.76. The first-order valence-corrected chi connectivity index (χ1v) is 5.18. The van der Waals surface area contributed by atoms with Gasteiger partial charge in [-0.2, -0.15) is 29.8 Å². The van der Waals surface area contributed by atoms with Crippen LogP contribution in [0.1, 0.15) is 11.1 Å². The Morgan fingerprint density at radius 3 is 2.80 bits per heavy atom. The fourth-order valence-electron chi connectivity index (χ4n) is 1.33. The molecule has 0 aliphatic carbocycles. The first kappa shape index (κ1) is 12.5. The van der Waals surface area contributed by atoms with Crippen LogP contribution in [0.15, 0.2) is 47.2 Å². The van der Waals surface area contributed by atoms with Crippen molar-refractivity contribution in [1.82, 2.24) is 4.98 Å². The minimum absolute atomic E-state index is 0. The van der Waals surface area contributed by atoms with Gasteiger partial charge in [0.2, 0.25) is 0 Å². The zero-order valence-electron chi connectivity index (χ0n) is 8.57. The maximum Gasteiger partial charge on any atom is 1.00 e. The third-order valence-electron chi connectivity index (χ3n) is 1.94. The van der Waals surface area contributed by atoms with Crippen molar-refractivity contribution in [3.63, 3.8) is 0 Å². The van der Waals surface area contributed by atoms with Gasteiger partial charge in [0.25, 0.3) is 0 Å². The Balaban J connectivity index is 0.00000112. The van der Waals surface area contributed by atoms with Gasteiger partial charge in [0.15, 0.2) is 0 Å². The van der Waals surface area contributed by atoms with Crippen molar-refractivity contribution in [3.05, 3.63) is 64.4 Å². The summed E-state index contributed by atoms with van der Waals surface area (Å²) in [7, 11) is 0. The summed E-state index contributed by atoms with van der Waals surface area (Å²) in [6.45, 7) is 0. The summed E-state index contributed by atoms with van der Waals surface area (Å²) in [5, 5.41) is 0. The van der Waals surface area contributed by atoms with Gasteiger partial charge in [-0.1, -0.05) is 10.5 Å². The summed E-state index contributed by atoms with van der Waals surface area (Å²) in [4.78, 5) is 4.08. The van der Waals surface area contributed by atoms with Crippen molar-refractivity contribution in [2.75, 3.05) is 0 Å². The molecular weight excluding hydrogens is 245 g/mol. The van der Waals surface area contributed by atoms with Gasteiger partial charge in [0.1, 0.15) is 0 Å². The Bertz CT molecular complexity index is 417. The Hall–Kier alpha value is -0.553. The predicted octanol–water partition coefficient (Wildman–Crippen LogP) is 0.239. The molecule has 0 fully saturated rings. The van der Waals surface area contributed by atoms with E-state index in [-0.39, 0.29) is 18.9 Å². The summed E-state index contributed by atoms with van der Waals surface area (Å²) >= 11 is 3.43. The van der Waals surface area contributed by atoms with E-state index in [9.17, 15) is 0 Å². The number of aromatic nitrogens is 1. The molecule has 0 spiro atoms. The maximum atomic E-state index is 4.08. The molecule has 0 N–H and O–H groups in total. The molecule has 2 aromatic rings. The van der Waals surface area contributed by atoms with E-state index in [1.807, 2.05) is 24.4 Å². The van der Waals surface area contributed by atoms with Crippen LogP contribution in [-0.4, -0.2) is 4.98 Å². The number of halogens is 1. The summed E-state index contributed by atoms with van der Waals surface area (Å²) < 4.78 is 1.07. The molecule has 1 heterocycles. The molecule has 3 heteroatoms. The first-order valence-electron chi connectivity index (χ1n) is 4.39. The van der Waals surface area contributed by atoms with Crippen molar-refractivity contribution in [1.29, 1.82) is 0 Å². The minimum atomic E-state index is 0. The summed E-state index contributed by atoms with van der Waals surface area (Å²) in [5.74, 6) is 0. The van der Waals surface area contributed by atoms with Gasteiger partial charge in [-0.05, 0) is 18.1 Å². The average molecular weight is 254 g/mol. The van der Waals surface area contributed by atoms with Gasteiger partial charge >= 0.3 is 18.9 Å². The number of hydrogen-bond acceptors (Lipinski definition) is 1. The van der Waals surface area contributed by atoms with Crippen LogP contribution in [0.2, 0.25) is 0 Å². The molecule has 1 aromatic heterocycles. The third-order valence-corrected chi connectivity index (χ3v) is 2.40. The van der Waals surface area contributed by atoms with E-state index in [1.54, 1.807) is 6.20 Å². The number of pyridine rings is 1. The molecule has 0 unspecified atom stereocenters. The van der Waals surface area contributed by atoms with E-state index in [0.717, 1.165) is 10.9 Å². The summed E-state index contributed by atoms with van der Waals surface area (Å²) in [6.07, 6.45) is 4.58. The van der Waals surface area contributed by atoms with Crippen LogP contribution < -0.4 is 18.9 Å². The van der Waals surface area contributed by atoms with Gasteiger partial charge in [0, 0.05) is 12.4 Å². The third kappa shape index (κ3) is 3.83. The van der Waals surface area contributed by atoms with E-state index >= 15 is 0 Å². The van der Waals surface area contributed by atoms with Crippen molar-refractivity contribution in [2.45, 2.75) is 6.42 Å². The smallest absolute Gasteiger partial charge is 0.264 e. The van der Waals surface area contributed by atoms with Crippen LogP contribution in [0.5, 0.6) is 0 Å². The second kappa shape index (κ2) is 6.12. The molecular formula is C12H9BrLiN. The summed E-state index contributed by atoms with van der Waals surface area (Å²) in [5.41, 5.74) is 2.46. The fraction of sp³-hybridized carbons (Fsp3) is 0.0833. The molecule has 0 atom stereocenters. The second-order valence-electron chi connectivity index (χ2n) is 3.10. The van der Waals surface area contributed by atoms with E-state index in [1.165, 1.54) is 11.1 Å². The van der Waals surface area contributed by atoms with E-state index in [4.69, 9.17) is 0 Å². The maximum absolute atomic E-state index is 4.08. The molecule has 0 saturated heterocycles. The van der Waals surface area contributed by atoms with Crippen molar-refractivity contribution >= 4 is 15.9 Å². The monoisotopic (exact) mass is 253 g/mol. The van der Waals surface area contributed by atoms with Crippen LogP contribution in [0.3, 0.4) is 0 Å². The van der Waals surface area contributed by atoms with E-state index in [0.29, 0.717) is 0 Å². The normalized spacial score (nSPS) is 9.40. The van der Waals surface area contributed by atoms with Crippen LogP contribution in [0.4, 0.5) is 0 Å². The van der Waals surface area contributed by atoms with Gasteiger partial charge in [-0.15, -0.1) is 15.9 Å². The molecule has 2 rings (SSSR count). The van der Waals surface area contributed by atoms with Gasteiger partial charge in [0.05, 0.1) is 0 Å². The zero-order valence-corrected chi connectivity index (χ0v) is 10.2. The number of rotatable bonds is 2. The SMILES string of the molecule is Brc1c[c-]cc(Cc2cccnc2)c1.[Li+]. The Labute approximate surface area is 110 Å². The molecule has 0 radical (unpaired) electrons. The Morgan fingerprint density at radius 2 is 2.13 bits per heavy atom. The number of hydrogen-bond donors (Lipinski definition) is 0. The van der Waals surface area contributed by atoms with Crippen LogP contribution in [0.25, 0.3) is 0 Å². The Kier molecular flexibility index (Phi) is 5.11. The molecule has 1 nitrogen and oxygen atoms in total. The van der Waals surface area contributed by atoms with Gasteiger partial charge in [-0.3, -0.25) is 4.98 Å². The van der Waals surface area contributed by atoms with Crippen molar-refractivity contribution in [3.8, 4) is 0 Å². The molecule has 0 aliphatic rings. The molecule has 0 bridgehead atoms. The Morgan fingerprint density at radius 1 is 1.27 bits per heavy atom. The zero-order chi connectivity index (χ0) is 9.80. The molecule has 0 amide bonds. The molecule has 1 aromatic carbocycles. The number of nitrogens with zero attached hydrogens (tertiary/aromatic N) is 1. The van der Waals surface area contributed by atoms with Crippen LogP contribution in [0, 0.1) is 6.07 Å². The summed E-state index contributed by atoms with van der Waals surface area (Å²) in [6, 6.07) is 13.1. The van der Waals surface area contributed by atoms with Gasteiger partial charge in [-0.25, -0.2) is 0 Å². The number of benzene rings is 1. The average Bonchev–Trinajstić information content (AvgIpc) is 2.19. The standard InChI is InChI=1S/C12H9BrN.Li/c13-12-5-1-3-10(8-12)7-11-4-2-6-14-9-11;/h2-6,8-9H,7H2;/q-1;+1. The van der Waals surface area contributed by atoms with Gasteiger partial charge < -0.3 is 0 Å². The van der Waals surface area contributed by atoms with E-state index < -0.39 is 0 Å². The largest absolute Gasteiger partial charge is 1.00 e. The molecule has 15 heavy (non-hydrogen) atoms. The first-order chi connectivity index (χ1) is 6.84. The van der Waals surface area contributed by atoms with Crippen molar-refractivity contribution in [2.24, 2.45) is 0 Å². The quantitative estimate of drug-likeness (QED) is 0.552. The second-order valence-corrected chi connectivity index (χ2v) is 4.01. The van der Waals surface area contributed by atoms with Crippen LogP contribution in [-0.2, 0) is 6.42 Å². The van der Waals surface area contributed by atoms with Crippen molar-refractivity contribution < 1.29 is 18.9 Å². The van der Waals surface area contributed by atoms with E-state index in [2.05, 4.69) is 39.1 Å².